The van der Waals surface area contributed by atoms with E-state index in [1.165, 1.54) is 49.0 Å². The molecule has 0 saturated carbocycles. The van der Waals surface area contributed by atoms with E-state index in [9.17, 15) is 0 Å². The molecule has 0 unspecified atom stereocenters. The number of ether oxygens (including phenoxy) is 1. The van der Waals surface area contributed by atoms with Crippen molar-refractivity contribution in [1.82, 2.24) is 4.90 Å². The van der Waals surface area contributed by atoms with Crippen LogP contribution in [0.4, 0.5) is 11.4 Å². The van der Waals surface area contributed by atoms with Gasteiger partial charge in [-0.05, 0) is 74.2 Å². The molecule has 1 aliphatic heterocycles. The molecule has 31 heavy (non-hydrogen) atoms. The van der Waals surface area contributed by atoms with Crippen LogP contribution in [0.5, 0.6) is 5.75 Å². The molecule has 1 atom stereocenters. The average Bonchev–Trinajstić information content (AvgIpc) is 2.80. The van der Waals surface area contributed by atoms with Crippen molar-refractivity contribution in [3.05, 3.63) is 53.6 Å². The van der Waals surface area contributed by atoms with E-state index in [1.807, 2.05) is 24.3 Å². The van der Waals surface area contributed by atoms with Gasteiger partial charge in [-0.1, -0.05) is 38.5 Å². The van der Waals surface area contributed by atoms with Gasteiger partial charge in [0.15, 0.2) is 5.11 Å². The van der Waals surface area contributed by atoms with Crippen LogP contribution in [0.25, 0.3) is 0 Å². The van der Waals surface area contributed by atoms with Crippen LogP contribution in [0, 0.1) is 0 Å². The number of nitrogens with one attached hydrogen (secondary N) is 1. The van der Waals surface area contributed by atoms with Gasteiger partial charge in [0.2, 0.25) is 0 Å². The summed E-state index contributed by atoms with van der Waals surface area (Å²) in [6.45, 7) is 9.87. The summed E-state index contributed by atoms with van der Waals surface area (Å²) in [6, 6.07) is 15.3. The van der Waals surface area contributed by atoms with Crippen LogP contribution in [0.15, 0.2) is 42.5 Å². The number of anilines is 2. The second kappa shape index (κ2) is 11.4. The third kappa shape index (κ3) is 6.13. The zero-order valence-electron chi connectivity index (χ0n) is 19.5. The van der Waals surface area contributed by atoms with Crippen molar-refractivity contribution in [2.24, 2.45) is 0 Å². The van der Waals surface area contributed by atoms with E-state index in [-0.39, 0.29) is 0 Å². The van der Waals surface area contributed by atoms with Crippen molar-refractivity contribution in [2.45, 2.75) is 65.5 Å². The Morgan fingerprint density at radius 3 is 2.81 bits per heavy atom. The normalized spacial score (nSPS) is 14.0. The van der Waals surface area contributed by atoms with Crippen LogP contribution < -0.4 is 15.0 Å². The number of benzene rings is 2. The molecule has 2 aromatic rings. The lowest BCUT2D eigenvalue weighted by atomic mass is 9.98. The minimum atomic E-state index is 0.350. The number of unbranched alkanes of at least 4 members (excludes halogenated alkanes) is 1. The molecule has 1 aliphatic rings. The number of thiocarbonyl (C=S) groups is 1. The smallest absolute Gasteiger partial charge is 0.173 e. The third-order valence-corrected chi connectivity index (χ3v) is 6.53. The lowest BCUT2D eigenvalue weighted by Gasteiger charge is -2.34. The lowest BCUT2D eigenvalue weighted by molar-refractivity contribution is 0.319. The van der Waals surface area contributed by atoms with E-state index in [2.05, 4.69) is 54.1 Å². The summed E-state index contributed by atoms with van der Waals surface area (Å²) in [5, 5.41) is 4.17. The van der Waals surface area contributed by atoms with Crippen molar-refractivity contribution >= 4 is 28.7 Å². The standard InChI is InChI=1S/C26H37N3OS/c1-5-7-15-28-16-9-10-22-17-21(13-14-25(22)28)19-29(20(3)6-2)26(31)27-23-11-8-12-24(18-23)30-4/h8,11-14,17-18,20H,5-7,9-10,15-16,19H2,1-4H3,(H,27,31)/t20-/m0/s1. The fourth-order valence-electron chi connectivity index (χ4n) is 4.15. The molecular formula is C26H37N3OS. The quantitative estimate of drug-likeness (QED) is 0.467. The first-order chi connectivity index (χ1) is 15.0. The molecule has 0 radical (unpaired) electrons. The van der Waals surface area contributed by atoms with Crippen LogP contribution in [-0.2, 0) is 13.0 Å². The molecule has 4 nitrogen and oxygen atoms in total. The van der Waals surface area contributed by atoms with Crippen LogP contribution in [0.2, 0.25) is 0 Å². The lowest BCUT2D eigenvalue weighted by Crippen LogP contribution is -2.40. The summed E-state index contributed by atoms with van der Waals surface area (Å²) < 4.78 is 5.35. The Hall–Kier alpha value is -2.27. The van der Waals surface area contributed by atoms with Gasteiger partial charge in [0, 0.05) is 43.1 Å². The highest BCUT2D eigenvalue weighted by Gasteiger charge is 2.20. The Morgan fingerprint density at radius 2 is 2.06 bits per heavy atom. The van der Waals surface area contributed by atoms with Gasteiger partial charge in [-0.3, -0.25) is 0 Å². The van der Waals surface area contributed by atoms with Gasteiger partial charge in [0.25, 0.3) is 0 Å². The van der Waals surface area contributed by atoms with Gasteiger partial charge < -0.3 is 19.9 Å². The highest BCUT2D eigenvalue weighted by molar-refractivity contribution is 7.80. The minimum Gasteiger partial charge on any atom is -0.497 e. The minimum absolute atomic E-state index is 0.350. The Morgan fingerprint density at radius 1 is 1.23 bits per heavy atom. The second-order valence-corrected chi connectivity index (χ2v) is 8.84. The van der Waals surface area contributed by atoms with Gasteiger partial charge >= 0.3 is 0 Å². The van der Waals surface area contributed by atoms with E-state index < -0.39 is 0 Å². The molecule has 3 rings (SSSR count). The second-order valence-electron chi connectivity index (χ2n) is 8.45. The molecule has 2 aromatic carbocycles. The zero-order chi connectivity index (χ0) is 22.2. The predicted octanol–water partition coefficient (Wildman–Crippen LogP) is 6.25. The van der Waals surface area contributed by atoms with E-state index in [1.54, 1.807) is 7.11 Å². The number of nitrogens with zero attached hydrogens (tertiary/aromatic N) is 2. The molecule has 0 saturated heterocycles. The van der Waals surface area contributed by atoms with Gasteiger partial charge in [-0.25, -0.2) is 0 Å². The van der Waals surface area contributed by atoms with Crippen molar-refractivity contribution in [3.63, 3.8) is 0 Å². The third-order valence-electron chi connectivity index (χ3n) is 6.20. The molecule has 1 heterocycles. The molecule has 0 spiro atoms. The number of rotatable bonds is 9. The number of aryl methyl sites for hydroxylation is 1. The summed E-state index contributed by atoms with van der Waals surface area (Å²) in [5.41, 5.74) is 5.19. The highest BCUT2D eigenvalue weighted by atomic mass is 32.1. The number of methoxy groups -OCH3 is 1. The molecule has 0 aliphatic carbocycles. The number of hydrogen-bond donors (Lipinski definition) is 1. The van der Waals surface area contributed by atoms with E-state index in [0.29, 0.717) is 6.04 Å². The van der Waals surface area contributed by atoms with Gasteiger partial charge in [-0.15, -0.1) is 0 Å². The number of hydrogen-bond acceptors (Lipinski definition) is 3. The maximum absolute atomic E-state index is 5.83. The Bertz CT molecular complexity index is 869. The number of fused-ring (bicyclic) bond motifs is 1. The zero-order valence-corrected chi connectivity index (χ0v) is 20.3. The molecular weight excluding hydrogens is 402 g/mol. The molecule has 1 N–H and O–H groups in total. The topological polar surface area (TPSA) is 27.7 Å². The van der Waals surface area contributed by atoms with Gasteiger partial charge in [0.05, 0.1) is 7.11 Å². The summed E-state index contributed by atoms with van der Waals surface area (Å²) in [5.74, 6) is 0.824. The Labute approximate surface area is 193 Å². The van der Waals surface area contributed by atoms with Crippen molar-refractivity contribution in [3.8, 4) is 5.75 Å². The fraction of sp³-hybridized carbons (Fsp3) is 0.500. The van der Waals surface area contributed by atoms with E-state index in [4.69, 9.17) is 17.0 Å². The molecule has 168 valence electrons. The first-order valence-corrected chi connectivity index (χ1v) is 12.0. The summed E-state index contributed by atoms with van der Waals surface area (Å²) in [6.07, 6.45) is 5.95. The first-order valence-electron chi connectivity index (χ1n) is 11.6. The average molecular weight is 440 g/mol. The fourth-order valence-corrected chi connectivity index (χ4v) is 4.51. The highest BCUT2D eigenvalue weighted by Crippen LogP contribution is 2.29. The van der Waals surface area contributed by atoms with Crippen LogP contribution in [0.1, 0.15) is 57.6 Å². The summed E-state index contributed by atoms with van der Waals surface area (Å²) in [7, 11) is 1.68. The monoisotopic (exact) mass is 439 g/mol. The van der Waals surface area contributed by atoms with E-state index in [0.717, 1.165) is 36.1 Å². The summed E-state index contributed by atoms with van der Waals surface area (Å²) in [4.78, 5) is 4.86. The van der Waals surface area contributed by atoms with Crippen molar-refractivity contribution in [1.29, 1.82) is 0 Å². The Balaban J connectivity index is 1.75. The summed E-state index contributed by atoms with van der Waals surface area (Å²) >= 11 is 5.83. The molecule has 0 fully saturated rings. The first kappa shape index (κ1) is 23.4. The predicted molar refractivity (Wildman–Crippen MR) is 136 cm³/mol. The molecule has 0 bridgehead atoms. The SMILES string of the molecule is CCCCN1CCCc2cc(CN(C(=S)Nc3cccc(OC)c3)[C@@H](C)CC)ccc21. The molecule has 5 heteroatoms. The van der Waals surface area contributed by atoms with Crippen molar-refractivity contribution < 1.29 is 4.74 Å². The largest absolute Gasteiger partial charge is 0.497 e. The van der Waals surface area contributed by atoms with Gasteiger partial charge in [-0.2, -0.15) is 0 Å². The Kier molecular flexibility index (Phi) is 8.59. The maximum Gasteiger partial charge on any atom is 0.173 e. The van der Waals surface area contributed by atoms with Crippen LogP contribution >= 0.6 is 12.2 Å². The molecule has 0 aromatic heterocycles. The van der Waals surface area contributed by atoms with Crippen LogP contribution in [0.3, 0.4) is 0 Å². The molecule has 0 amide bonds. The van der Waals surface area contributed by atoms with E-state index >= 15 is 0 Å². The maximum atomic E-state index is 5.83. The van der Waals surface area contributed by atoms with Crippen LogP contribution in [-0.4, -0.2) is 36.3 Å². The van der Waals surface area contributed by atoms with Crippen molar-refractivity contribution in [2.75, 3.05) is 30.4 Å². The van der Waals surface area contributed by atoms with Gasteiger partial charge in [0.1, 0.15) is 5.75 Å².